The third-order valence-electron chi connectivity index (χ3n) is 1.63. The van der Waals surface area contributed by atoms with Crippen LogP contribution in [0, 0.1) is 0 Å². The first kappa shape index (κ1) is 10.8. The first-order chi connectivity index (χ1) is 6.72. The van der Waals surface area contributed by atoms with Gasteiger partial charge in [-0.15, -0.1) is 11.8 Å². The summed E-state index contributed by atoms with van der Waals surface area (Å²) in [6, 6.07) is 7.21. The zero-order chi connectivity index (χ0) is 10.4. The average Bonchev–Trinajstić information content (AvgIpc) is 2.18. The standard InChI is InChI=1S/C10H11NO2S/c11-10(13)5-6-14-9-3-1-8(7-12)2-4-9/h1-4,7H,5-6H2,(H2,11,13). The highest BCUT2D eigenvalue weighted by Crippen LogP contribution is 2.18. The lowest BCUT2D eigenvalue weighted by molar-refractivity contribution is -0.117. The van der Waals surface area contributed by atoms with Gasteiger partial charge in [-0.2, -0.15) is 0 Å². The summed E-state index contributed by atoms with van der Waals surface area (Å²) in [7, 11) is 0. The van der Waals surface area contributed by atoms with Crippen molar-refractivity contribution >= 4 is 24.0 Å². The van der Waals surface area contributed by atoms with Gasteiger partial charge in [0.1, 0.15) is 6.29 Å². The second kappa shape index (κ2) is 5.44. The highest BCUT2D eigenvalue weighted by molar-refractivity contribution is 7.99. The van der Waals surface area contributed by atoms with Crippen LogP contribution in [0.1, 0.15) is 16.8 Å². The number of primary amides is 1. The van der Waals surface area contributed by atoms with Crippen molar-refractivity contribution in [1.82, 2.24) is 0 Å². The third-order valence-corrected chi connectivity index (χ3v) is 2.65. The number of thioether (sulfide) groups is 1. The fourth-order valence-electron chi connectivity index (χ4n) is 0.912. The molecule has 0 saturated heterocycles. The first-order valence-corrected chi connectivity index (χ1v) is 5.17. The van der Waals surface area contributed by atoms with Crippen molar-refractivity contribution in [1.29, 1.82) is 0 Å². The summed E-state index contributed by atoms with van der Waals surface area (Å²) in [4.78, 5) is 21.8. The Bertz CT molecular complexity index is 321. The minimum atomic E-state index is -0.290. The molecule has 1 amide bonds. The Balaban J connectivity index is 2.43. The zero-order valence-electron chi connectivity index (χ0n) is 7.60. The number of carbonyl (C=O) groups excluding carboxylic acids is 2. The van der Waals surface area contributed by atoms with Crippen LogP contribution in [0.3, 0.4) is 0 Å². The summed E-state index contributed by atoms with van der Waals surface area (Å²) in [6.07, 6.45) is 1.18. The molecular weight excluding hydrogens is 198 g/mol. The van der Waals surface area contributed by atoms with Crippen LogP contribution >= 0.6 is 11.8 Å². The van der Waals surface area contributed by atoms with E-state index in [1.54, 1.807) is 23.9 Å². The Hall–Kier alpha value is -1.29. The predicted molar refractivity (Wildman–Crippen MR) is 56.4 cm³/mol. The van der Waals surface area contributed by atoms with Crippen LogP contribution in [0.2, 0.25) is 0 Å². The fraction of sp³-hybridized carbons (Fsp3) is 0.200. The van der Waals surface area contributed by atoms with E-state index >= 15 is 0 Å². The second-order valence-electron chi connectivity index (χ2n) is 2.75. The maximum atomic E-state index is 10.5. The van der Waals surface area contributed by atoms with Gasteiger partial charge in [0.05, 0.1) is 0 Å². The van der Waals surface area contributed by atoms with Gasteiger partial charge in [-0.05, 0) is 12.1 Å². The predicted octanol–water partition coefficient (Wildman–Crippen LogP) is 1.47. The van der Waals surface area contributed by atoms with Crippen molar-refractivity contribution in [2.75, 3.05) is 5.75 Å². The van der Waals surface area contributed by atoms with Crippen LogP contribution < -0.4 is 5.73 Å². The van der Waals surface area contributed by atoms with Crippen molar-refractivity contribution in [2.45, 2.75) is 11.3 Å². The molecule has 4 heteroatoms. The quantitative estimate of drug-likeness (QED) is 0.590. The largest absolute Gasteiger partial charge is 0.370 e. The van der Waals surface area contributed by atoms with Gasteiger partial charge in [-0.3, -0.25) is 9.59 Å². The van der Waals surface area contributed by atoms with Gasteiger partial charge >= 0.3 is 0 Å². The molecule has 74 valence electrons. The van der Waals surface area contributed by atoms with E-state index in [2.05, 4.69) is 0 Å². The topological polar surface area (TPSA) is 60.2 Å². The minimum absolute atomic E-state index is 0.290. The molecular formula is C10H11NO2S. The van der Waals surface area contributed by atoms with E-state index in [4.69, 9.17) is 5.73 Å². The molecule has 0 spiro atoms. The maximum absolute atomic E-state index is 10.5. The van der Waals surface area contributed by atoms with Crippen LogP contribution in [0.5, 0.6) is 0 Å². The van der Waals surface area contributed by atoms with Crippen LogP contribution in [0.4, 0.5) is 0 Å². The van der Waals surface area contributed by atoms with Crippen molar-refractivity contribution in [3.63, 3.8) is 0 Å². The smallest absolute Gasteiger partial charge is 0.218 e. The first-order valence-electron chi connectivity index (χ1n) is 4.18. The number of rotatable bonds is 5. The van der Waals surface area contributed by atoms with Crippen LogP contribution in [-0.2, 0) is 4.79 Å². The van der Waals surface area contributed by atoms with Crippen LogP contribution in [-0.4, -0.2) is 17.9 Å². The van der Waals surface area contributed by atoms with Gasteiger partial charge < -0.3 is 5.73 Å². The Morgan fingerprint density at radius 2 is 2.00 bits per heavy atom. The summed E-state index contributed by atoms with van der Waals surface area (Å²) >= 11 is 1.55. The number of aldehydes is 1. The molecule has 0 unspecified atom stereocenters. The van der Waals surface area contributed by atoms with E-state index in [-0.39, 0.29) is 5.91 Å². The normalized spacial score (nSPS) is 9.71. The molecule has 0 bridgehead atoms. The van der Waals surface area contributed by atoms with E-state index in [1.807, 2.05) is 12.1 Å². The number of carbonyl (C=O) groups is 2. The van der Waals surface area contributed by atoms with Gasteiger partial charge in [0.2, 0.25) is 5.91 Å². The summed E-state index contributed by atoms with van der Waals surface area (Å²) in [5.41, 5.74) is 5.66. The lowest BCUT2D eigenvalue weighted by atomic mass is 10.2. The molecule has 0 aromatic heterocycles. The fourth-order valence-corrected chi connectivity index (χ4v) is 1.78. The molecule has 1 aromatic carbocycles. The highest BCUT2D eigenvalue weighted by Gasteiger charge is 1.97. The van der Waals surface area contributed by atoms with Gasteiger partial charge in [-0.1, -0.05) is 12.1 Å². The number of benzene rings is 1. The minimum Gasteiger partial charge on any atom is -0.370 e. The molecule has 3 nitrogen and oxygen atoms in total. The van der Waals surface area contributed by atoms with Gasteiger partial charge in [-0.25, -0.2) is 0 Å². The van der Waals surface area contributed by atoms with Crippen molar-refractivity contribution in [2.24, 2.45) is 5.73 Å². The van der Waals surface area contributed by atoms with Crippen molar-refractivity contribution < 1.29 is 9.59 Å². The summed E-state index contributed by atoms with van der Waals surface area (Å²) in [6.45, 7) is 0. The number of hydrogen-bond acceptors (Lipinski definition) is 3. The van der Waals surface area contributed by atoms with Crippen LogP contribution in [0.15, 0.2) is 29.2 Å². The Morgan fingerprint density at radius 1 is 1.36 bits per heavy atom. The molecule has 2 N–H and O–H groups in total. The molecule has 14 heavy (non-hydrogen) atoms. The van der Waals surface area contributed by atoms with Crippen molar-refractivity contribution in [3.8, 4) is 0 Å². The van der Waals surface area contributed by atoms with E-state index in [1.165, 1.54) is 0 Å². The molecule has 0 radical (unpaired) electrons. The number of hydrogen-bond donors (Lipinski definition) is 1. The third kappa shape index (κ3) is 3.62. The van der Waals surface area contributed by atoms with E-state index in [9.17, 15) is 9.59 Å². The Kier molecular flexibility index (Phi) is 4.19. The lowest BCUT2D eigenvalue weighted by Gasteiger charge is -1.99. The zero-order valence-corrected chi connectivity index (χ0v) is 8.42. The molecule has 0 aliphatic heterocycles. The SMILES string of the molecule is NC(=O)CCSc1ccc(C=O)cc1. The number of amides is 1. The summed E-state index contributed by atoms with van der Waals surface area (Å²) < 4.78 is 0. The Labute approximate surface area is 86.7 Å². The maximum Gasteiger partial charge on any atom is 0.218 e. The molecule has 0 atom stereocenters. The Morgan fingerprint density at radius 3 is 2.50 bits per heavy atom. The van der Waals surface area contributed by atoms with Crippen molar-refractivity contribution in [3.05, 3.63) is 29.8 Å². The molecule has 0 aliphatic carbocycles. The molecule has 0 aliphatic rings. The monoisotopic (exact) mass is 209 g/mol. The van der Waals surface area contributed by atoms with Gasteiger partial charge in [0, 0.05) is 22.6 Å². The summed E-state index contributed by atoms with van der Waals surface area (Å²) in [5, 5.41) is 0. The van der Waals surface area contributed by atoms with Crippen LogP contribution in [0.25, 0.3) is 0 Å². The molecule has 0 fully saturated rings. The van der Waals surface area contributed by atoms with E-state index < -0.39 is 0 Å². The second-order valence-corrected chi connectivity index (χ2v) is 3.92. The van der Waals surface area contributed by atoms with Gasteiger partial charge in [0.25, 0.3) is 0 Å². The summed E-state index contributed by atoms with van der Waals surface area (Å²) in [5.74, 6) is 0.387. The highest BCUT2D eigenvalue weighted by atomic mass is 32.2. The van der Waals surface area contributed by atoms with E-state index in [0.717, 1.165) is 11.2 Å². The molecule has 1 aromatic rings. The molecule has 1 rings (SSSR count). The lowest BCUT2D eigenvalue weighted by Crippen LogP contribution is -2.10. The van der Waals surface area contributed by atoms with Gasteiger partial charge in [0.15, 0.2) is 0 Å². The molecule has 0 saturated carbocycles. The molecule has 0 heterocycles. The average molecular weight is 209 g/mol. The number of nitrogens with two attached hydrogens (primary N) is 1. The van der Waals surface area contributed by atoms with E-state index in [0.29, 0.717) is 17.7 Å².